The first-order valence-corrected chi connectivity index (χ1v) is 5.85. The van der Waals surface area contributed by atoms with Crippen LogP contribution in [0.2, 0.25) is 0 Å². The minimum Gasteiger partial charge on any atom is -0.389 e. The summed E-state index contributed by atoms with van der Waals surface area (Å²) in [5.41, 5.74) is 1.51. The maximum absolute atomic E-state index is 13.1. The highest BCUT2D eigenvalue weighted by Gasteiger charge is 2.12. The molecule has 1 aromatic carbocycles. The van der Waals surface area contributed by atoms with Gasteiger partial charge in [0, 0.05) is 24.8 Å². The summed E-state index contributed by atoms with van der Waals surface area (Å²) < 4.78 is 13.1. The number of anilines is 1. The number of allylic oxidation sites excluding steroid dienone is 1. The molecular formula is C14H20FNO. The Balaban J connectivity index is 2.84. The fourth-order valence-corrected chi connectivity index (χ4v) is 1.80. The lowest BCUT2D eigenvalue weighted by atomic mass is 10.1. The highest BCUT2D eigenvalue weighted by molar-refractivity contribution is 5.54. The molecule has 0 heterocycles. The van der Waals surface area contributed by atoms with Crippen molar-refractivity contribution in [3.05, 3.63) is 42.2 Å². The number of hydrogen-bond donors (Lipinski definition) is 1. The van der Waals surface area contributed by atoms with Gasteiger partial charge in [0.1, 0.15) is 5.82 Å². The Kier molecular flexibility index (Phi) is 5.16. The van der Waals surface area contributed by atoms with Crippen molar-refractivity contribution in [1.82, 2.24) is 0 Å². The average Bonchev–Trinajstić information content (AvgIpc) is 2.29. The van der Waals surface area contributed by atoms with E-state index in [2.05, 4.69) is 6.58 Å². The molecule has 1 aromatic rings. The Morgan fingerprint density at radius 2 is 2.24 bits per heavy atom. The number of rotatable bonds is 6. The number of halogens is 1. The average molecular weight is 237 g/mol. The van der Waals surface area contributed by atoms with E-state index in [0.29, 0.717) is 5.56 Å². The van der Waals surface area contributed by atoms with E-state index in [-0.39, 0.29) is 5.82 Å². The van der Waals surface area contributed by atoms with Crippen LogP contribution >= 0.6 is 0 Å². The van der Waals surface area contributed by atoms with E-state index in [1.807, 2.05) is 18.0 Å². The van der Waals surface area contributed by atoms with E-state index < -0.39 is 6.10 Å². The molecule has 0 radical (unpaired) electrons. The van der Waals surface area contributed by atoms with Gasteiger partial charge in [0.2, 0.25) is 0 Å². The van der Waals surface area contributed by atoms with Gasteiger partial charge in [-0.05, 0) is 38.0 Å². The highest BCUT2D eigenvalue weighted by atomic mass is 19.1. The quantitative estimate of drug-likeness (QED) is 0.606. The zero-order valence-corrected chi connectivity index (χ0v) is 10.5. The summed E-state index contributed by atoms with van der Waals surface area (Å²) in [6.45, 7) is 6.19. The number of aliphatic hydroxyl groups is 1. The lowest BCUT2D eigenvalue weighted by molar-refractivity contribution is 0.199. The third-order valence-electron chi connectivity index (χ3n) is 2.75. The van der Waals surface area contributed by atoms with E-state index in [1.54, 1.807) is 13.0 Å². The van der Waals surface area contributed by atoms with Crippen LogP contribution in [0, 0.1) is 5.82 Å². The second-order valence-corrected chi connectivity index (χ2v) is 4.23. The van der Waals surface area contributed by atoms with Crippen molar-refractivity contribution in [2.24, 2.45) is 0 Å². The summed E-state index contributed by atoms with van der Waals surface area (Å²) >= 11 is 0. The van der Waals surface area contributed by atoms with Crippen molar-refractivity contribution in [2.75, 3.05) is 18.5 Å². The molecule has 3 heteroatoms. The zero-order chi connectivity index (χ0) is 12.8. The minimum atomic E-state index is -0.664. The normalized spacial score (nSPS) is 12.2. The van der Waals surface area contributed by atoms with Gasteiger partial charge in [0.05, 0.1) is 6.10 Å². The molecule has 0 saturated carbocycles. The first-order chi connectivity index (χ1) is 8.06. The fraction of sp³-hybridized carbons (Fsp3) is 0.429. The molecule has 94 valence electrons. The van der Waals surface area contributed by atoms with E-state index in [1.165, 1.54) is 12.1 Å². The standard InChI is InChI=1S/C14H20FNO/c1-4-5-6-9-16(3)14-8-7-12(15)10-13(14)11(2)17/h4,7-8,10-11,17H,1,5-6,9H2,2-3H3/t11-/m1/s1. The summed E-state index contributed by atoms with van der Waals surface area (Å²) in [7, 11) is 1.95. The van der Waals surface area contributed by atoms with E-state index in [9.17, 15) is 9.50 Å². The Labute approximate surface area is 102 Å². The number of unbranched alkanes of at least 4 members (excludes halogenated alkanes) is 1. The van der Waals surface area contributed by atoms with Crippen LogP contribution in [0.25, 0.3) is 0 Å². The van der Waals surface area contributed by atoms with Crippen molar-refractivity contribution in [2.45, 2.75) is 25.9 Å². The monoisotopic (exact) mass is 237 g/mol. The minimum absolute atomic E-state index is 0.316. The van der Waals surface area contributed by atoms with E-state index in [4.69, 9.17) is 0 Å². The molecule has 0 saturated heterocycles. The van der Waals surface area contributed by atoms with Crippen LogP contribution in [-0.2, 0) is 0 Å². The maximum atomic E-state index is 13.1. The molecule has 0 amide bonds. The number of benzene rings is 1. The molecule has 0 aliphatic heterocycles. The zero-order valence-electron chi connectivity index (χ0n) is 10.5. The van der Waals surface area contributed by atoms with Gasteiger partial charge in [0.25, 0.3) is 0 Å². The molecule has 0 spiro atoms. The second-order valence-electron chi connectivity index (χ2n) is 4.23. The summed E-state index contributed by atoms with van der Waals surface area (Å²) in [6, 6.07) is 4.53. The summed E-state index contributed by atoms with van der Waals surface area (Å²) in [4.78, 5) is 2.03. The van der Waals surface area contributed by atoms with Crippen LogP contribution in [0.5, 0.6) is 0 Å². The van der Waals surface area contributed by atoms with Gasteiger partial charge in [-0.25, -0.2) is 4.39 Å². The second kappa shape index (κ2) is 6.40. The third-order valence-corrected chi connectivity index (χ3v) is 2.75. The lowest BCUT2D eigenvalue weighted by Gasteiger charge is -2.23. The van der Waals surface area contributed by atoms with Crippen LogP contribution in [0.15, 0.2) is 30.9 Å². The van der Waals surface area contributed by atoms with Crippen LogP contribution in [0.3, 0.4) is 0 Å². The predicted octanol–water partition coefficient (Wildman–Crippen LogP) is 3.28. The number of hydrogen-bond acceptors (Lipinski definition) is 2. The molecule has 1 N–H and O–H groups in total. The molecule has 17 heavy (non-hydrogen) atoms. The molecule has 2 nitrogen and oxygen atoms in total. The Morgan fingerprint density at radius 1 is 1.53 bits per heavy atom. The van der Waals surface area contributed by atoms with Crippen molar-refractivity contribution in [3.63, 3.8) is 0 Å². The molecule has 0 bridgehead atoms. The number of aliphatic hydroxyl groups excluding tert-OH is 1. The van der Waals surface area contributed by atoms with Crippen molar-refractivity contribution >= 4 is 5.69 Å². The summed E-state index contributed by atoms with van der Waals surface area (Å²) in [5.74, 6) is -0.316. The molecule has 1 atom stereocenters. The largest absolute Gasteiger partial charge is 0.389 e. The van der Waals surface area contributed by atoms with Gasteiger partial charge in [-0.1, -0.05) is 6.08 Å². The predicted molar refractivity (Wildman–Crippen MR) is 69.7 cm³/mol. The maximum Gasteiger partial charge on any atom is 0.123 e. The smallest absolute Gasteiger partial charge is 0.123 e. The molecule has 0 fully saturated rings. The Hall–Kier alpha value is -1.35. The summed E-state index contributed by atoms with van der Waals surface area (Å²) in [5, 5.41) is 9.64. The van der Waals surface area contributed by atoms with E-state index >= 15 is 0 Å². The van der Waals surface area contributed by atoms with Gasteiger partial charge >= 0.3 is 0 Å². The fourth-order valence-electron chi connectivity index (χ4n) is 1.80. The van der Waals surface area contributed by atoms with Crippen LogP contribution in [0.4, 0.5) is 10.1 Å². The lowest BCUT2D eigenvalue weighted by Crippen LogP contribution is -2.20. The SMILES string of the molecule is C=CCCCN(C)c1ccc(F)cc1[C@@H](C)O. The molecular weight excluding hydrogens is 217 g/mol. The van der Waals surface area contributed by atoms with Crippen LogP contribution in [0.1, 0.15) is 31.4 Å². The van der Waals surface area contributed by atoms with Crippen LogP contribution in [-0.4, -0.2) is 18.7 Å². The van der Waals surface area contributed by atoms with Crippen molar-refractivity contribution in [3.8, 4) is 0 Å². The first-order valence-electron chi connectivity index (χ1n) is 5.85. The third kappa shape index (κ3) is 3.86. The molecule has 1 rings (SSSR count). The first kappa shape index (κ1) is 13.7. The molecule has 0 aliphatic rings. The van der Waals surface area contributed by atoms with Gasteiger partial charge in [-0.2, -0.15) is 0 Å². The van der Waals surface area contributed by atoms with Gasteiger partial charge in [-0.15, -0.1) is 6.58 Å². The van der Waals surface area contributed by atoms with Gasteiger partial charge in [0.15, 0.2) is 0 Å². The highest BCUT2D eigenvalue weighted by Crippen LogP contribution is 2.26. The van der Waals surface area contributed by atoms with E-state index in [0.717, 1.165) is 25.1 Å². The molecule has 0 aromatic heterocycles. The number of nitrogens with zero attached hydrogens (tertiary/aromatic N) is 1. The Morgan fingerprint density at radius 3 is 2.82 bits per heavy atom. The van der Waals surface area contributed by atoms with Crippen LogP contribution < -0.4 is 4.90 Å². The van der Waals surface area contributed by atoms with Gasteiger partial charge in [-0.3, -0.25) is 0 Å². The molecule has 0 aliphatic carbocycles. The van der Waals surface area contributed by atoms with Gasteiger partial charge < -0.3 is 10.0 Å². The Bertz CT molecular complexity index is 376. The molecule has 0 unspecified atom stereocenters. The summed E-state index contributed by atoms with van der Waals surface area (Å²) in [6.07, 6.45) is 3.17. The van der Waals surface area contributed by atoms with Crippen molar-refractivity contribution in [1.29, 1.82) is 0 Å². The topological polar surface area (TPSA) is 23.5 Å². The van der Waals surface area contributed by atoms with Crippen molar-refractivity contribution < 1.29 is 9.50 Å².